The van der Waals surface area contributed by atoms with Crippen LogP contribution in [0.25, 0.3) is 0 Å². The van der Waals surface area contributed by atoms with Gasteiger partial charge in [0.25, 0.3) is 5.91 Å². The summed E-state index contributed by atoms with van der Waals surface area (Å²) in [6.45, 7) is 2.35. The lowest BCUT2D eigenvalue weighted by molar-refractivity contribution is -0.140. The Labute approximate surface area is 139 Å². The molecule has 1 amide bonds. The third-order valence-corrected chi connectivity index (χ3v) is 5.45. The molecule has 0 aromatic heterocycles. The molecule has 1 fully saturated rings. The second-order valence-electron chi connectivity index (χ2n) is 5.39. The van der Waals surface area contributed by atoms with E-state index in [0.717, 1.165) is 17.1 Å². The first-order valence-corrected chi connectivity index (χ1v) is 8.87. The van der Waals surface area contributed by atoms with Gasteiger partial charge >= 0.3 is 0 Å². The van der Waals surface area contributed by atoms with Crippen molar-refractivity contribution in [2.45, 2.75) is 31.3 Å². The van der Waals surface area contributed by atoms with E-state index in [4.69, 9.17) is 23.2 Å². The van der Waals surface area contributed by atoms with Crippen molar-refractivity contribution in [1.82, 2.24) is 5.32 Å². The molecule has 0 bridgehead atoms. The molecule has 1 heterocycles. The van der Waals surface area contributed by atoms with E-state index in [1.165, 1.54) is 0 Å². The SMILES string of the molecule is CC(CNC(=O)C1(O)CCSCC1)c1c(Cl)cccc1Cl. The molecular weight excluding hydrogens is 329 g/mol. The maximum atomic E-state index is 12.2. The summed E-state index contributed by atoms with van der Waals surface area (Å²) in [6.07, 6.45) is 1.01. The summed E-state index contributed by atoms with van der Waals surface area (Å²) in [5, 5.41) is 14.4. The van der Waals surface area contributed by atoms with Crippen LogP contribution in [0.4, 0.5) is 0 Å². The van der Waals surface area contributed by atoms with Gasteiger partial charge in [-0.05, 0) is 42.0 Å². The minimum atomic E-state index is -1.23. The van der Waals surface area contributed by atoms with Crippen molar-refractivity contribution in [3.63, 3.8) is 0 Å². The zero-order valence-electron chi connectivity index (χ0n) is 11.9. The van der Waals surface area contributed by atoms with Gasteiger partial charge in [-0.1, -0.05) is 36.2 Å². The molecule has 21 heavy (non-hydrogen) atoms. The lowest BCUT2D eigenvalue weighted by atomic mass is 9.95. The first-order chi connectivity index (χ1) is 9.94. The lowest BCUT2D eigenvalue weighted by Crippen LogP contribution is -2.49. The molecule has 1 aliphatic heterocycles. The number of carbonyl (C=O) groups excluding carboxylic acids is 1. The predicted molar refractivity (Wildman–Crippen MR) is 89.4 cm³/mol. The van der Waals surface area contributed by atoms with Crippen LogP contribution in [-0.2, 0) is 4.79 Å². The molecule has 1 aromatic carbocycles. The van der Waals surface area contributed by atoms with Gasteiger partial charge in [-0.25, -0.2) is 0 Å². The first-order valence-electron chi connectivity index (χ1n) is 6.96. The van der Waals surface area contributed by atoms with Crippen molar-refractivity contribution in [2.75, 3.05) is 18.1 Å². The van der Waals surface area contributed by atoms with Crippen molar-refractivity contribution < 1.29 is 9.90 Å². The molecule has 0 aliphatic carbocycles. The van der Waals surface area contributed by atoms with Crippen LogP contribution in [-0.4, -0.2) is 34.7 Å². The topological polar surface area (TPSA) is 49.3 Å². The molecule has 2 N–H and O–H groups in total. The summed E-state index contributed by atoms with van der Waals surface area (Å²) in [5.74, 6) is 1.32. The Morgan fingerprint density at radius 2 is 1.95 bits per heavy atom. The predicted octanol–water partition coefficient (Wildman–Crippen LogP) is 3.47. The Bertz CT molecular complexity index is 498. The van der Waals surface area contributed by atoms with E-state index in [-0.39, 0.29) is 11.8 Å². The highest BCUT2D eigenvalue weighted by Crippen LogP contribution is 2.31. The van der Waals surface area contributed by atoms with Gasteiger partial charge in [-0.3, -0.25) is 4.79 Å². The molecule has 1 saturated heterocycles. The van der Waals surface area contributed by atoms with Crippen LogP contribution in [0, 0.1) is 0 Å². The second-order valence-corrected chi connectivity index (χ2v) is 7.43. The van der Waals surface area contributed by atoms with Crippen molar-refractivity contribution in [3.05, 3.63) is 33.8 Å². The number of hydrogen-bond acceptors (Lipinski definition) is 3. The number of hydrogen-bond donors (Lipinski definition) is 2. The van der Waals surface area contributed by atoms with E-state index in [1.807, 2.05) is 6.92 Å². The highest BCUT2D eigenvalue weighted by Gasteiger charge is 2.37. The van der Waals surface area contributed by atoms with E-state index >= 15 is 0 Å². The smallest absolute Gasteiger partial charge is 0.252 e. The molecule has 1 aromatic rings. The largest absolute Gasteiger partial charge is 0.380 e. The van der Waals surface area contributed by atoms with Crippen LogP contribution in [0.5, 0.6) is 0 Å². The van der Waals surface area contributed by atoms with Crippen LogP contribution < -0.4 is 5.32 Å². The maximum absolute atomic E-state index is 12.2. The summed E-state index contributed by atoms with van der Waals surface area (Å²) in [6, 6.07) is 5.36. The third-order valence-electron chi connectivity index (χ3n) is 3.80. The standard InChI is InChI=1S/C15H19Cl2NO2S/c1-10(13-11(16)3-2-4-12(13)17)9-18-14(19)15(20)5-7-21-8-6-15/h2-4,10,20H,5-9H2,1H3,(H,18,19). The summed E-state index contributed by atoms with van der Waals surface area (Å²) < 4.78 is 0. The molecule has 1 unspecified atom stereocenters. The third kappa shape index (κ3) is 4.07. The zero-order valence-corrected chi connectivity index (χ0v) is 14.2. The minimum Gasteiger partial charge on any atom is -0.380 e. The summed E-state index contributed by atoms with van der Waals surface area (Å²) in [7, 11) is 0. The quantitative estimate of drug-likeness (QED) is 0.876. The molecule has 0 spiro atoms. The normalized spacial score (nSPS) is 19.0. The van der Waals surface area contributed by atoms with E-state index in [2.05, 4.69) is 5.32 Å². The maximum Gasteiger partial charge on any atom is 0.252 e. The van der Waals surface area contributed by atoms with Crippen molar-refractivity contribution in [2.24, 2.45) is 0 Å². The molecule has 6 heteroatoms. The van der Waals surface area contributed by atoms with Gasteiger partial charge in [0.2, 0.25) is 0 Å². The Morgan fingerprint density at radius 3 is 2.52 bits per heavy atom. The fourth-order valence-corrected chi connectivity index (χ4v) is 4.37. The van der Waals surface area contributed by atoms with Gasteiger partial charge in [0, 0.05) is 22.5 Å². The number of amides is 1. The number of benzene rings is 1. The minimum absolute atomic E-state index is 0.0169. The molecule has 116 valence electrons. The highest BCUT2D eigenvalue weighted by molar-refractivity contribution is 7.99. The average molecular weight is 348 g/mol. The summed E-state index contributed by atoms with van der Waals surface area (Å²) in [5.41, 5.74) is -0.401. The number of aliphatic hydroxyl groups is 1. The number of rotatable bonds is 4. The molecule has 2 rings (SSSR count). The average Bonchev–Trinajstić information content (AvgIpc) is 2.45. The molecule has 3 nitrogen and oxygen atoms in total. The van der Waals surface area contributed by atoms with E-state index in [0.29, 0.717) is 29.4 Å². The Morgan fingerprint density at radius 1 is 1.38 bits per heavy atom. The van der Waals surface area contributed by atoms with Crippen molar-refractivity contribution in [3.8, 4) is 0 Å². The van der Waals surface area contributed by atoms with Crippen LogP contribution in [0.3, 0.4) is 0 Å². The van der Waals surface area contributed by atoms with Crippen LogP contribution in [0.15, 0.2) is 18.2 Å². The van der Waals surface area contributed by atoms with Gasteiger partial charge < -0.3 is 10.4 Å². The summed E-state index contributed by atoms with van der Waals surface area (Å²) in [4.78, 5) is 12.2. The van der Waals surface area contributed by atoms with Crippen LogP contribution >= 0.6 is 35.0 Å². The second kappa shape index (κ2) is 7.23. The number of halogens is 2. The van der Waals surface area contributed by atoms with E-state index < -0.39 is 5.60 Å². The zero-order chi connectivity index (χ0) is 15.5. The Balaban J connectivity index is 1.97. The number of carbonyl (C=O) groups is 1. The Hall–Kier alpha value is -0.420. The fourth-order valence-electron chi connectivity index (χ4n) is 2.43. The highest BCUT2D eigenvalue weighted by atomic mass is 35.5. The summed E-state index contributed by atoms with van der Waals surface area (Å²) >= 11 is 14.1. The molecule has 1 atom stereocenters. The van der Waals surface area contributed by atoms with E-state index in [9.17, 15) is 9.90 Å². The number of nitrogens with one attached hydrogen (secondary N) is 1. The monoisotopic (exact) mass is 347 g/mol. The molecular formula is C15H19Cl2NO2S. The van der Waals surface area contributed by atoms with Gasteiger partial charge in [-0.2, -0.15) is 11.8 Å². The van der Waals surface area contributed by atoms with Gasteiger partial charge in [-0.15, -0.1) is 0 Å². The van der Waals surface area contributed by atoms with Gasteiger partial charge in [0.1, 0.15) is 5.60 Å². The fraction of sp³-hybridized carbons (Fsp3) is 0.533. The van der Waals surface area contributed by atoms with Gasteiger partial charge in [0.05, 0.1) is 0 Å². The first kappa shape index (κ1) is 16.9. The van der Waals surface area contributed by atoms with Crippen molar-refractivity contribution >= 4 is 40.9 Å². The van der Waals surface area contributed by atoms with E-state index in [1.54, 1.807) is 30.0 Å². The molecule has 0 saturated carbocycles. The molecule has 0 radical (unpaired) electrons. The number of thioether (sulfide) groups is 1. The van der Waals surface area contributed by atoms with Crippen LogP contribution in [0.2, 0.25) is 10.0 Å². The Kier molecular flexibility index (Phi) is 5.83. The van der Waals surface area contributed by atoms with Crippen LogP contribution in [0.1, 0.15) is 31.2 Å². The molecule has 1 aliphatic rings. The van der Waals surface area contributed by atoms with Crippen molar-refractivity contribution in [1.29, 1.82) is 0 Å². The van der Waals surface area contributed by atoms with Gasteiger partial charge in [0.15, 0.2) is 0 Å². The lowest BCUT2D eigenvalue weighted by Gasteiger charge is -2.30.